The molecule has 6 rings (SSSR count). The van der Waals surface area contributed by atoms with Crippen LogP contribution in [0.2, 0.25) is 0 Å². The normalized spacial score (nSPS) is 27.5. The molecule has 16 heteroatoms. The predicted octanol–water partition coefficient (Wildman–Crippen LogP) is 9.09. The Balaban J connectivity index is 0.900. The van der Waals surface area contributed by atoms with E-state index >= 15 is 0 Å². The number of aryl methyl sites for hydroxylation is 1. The van der Waals surface area contributed by atoms with E-state index in [2.05, 4.69) is 35.2 Å². The van der Waals surface area contributed by atoms with E-state index in [9.17, 15) is 22.8 Å². The number of ether oxygens (including phenoxy) is 3. The largest absolute Gasteiger partial charge is 0.449 e. The topological polar surface area (TPSA) is 86.8 Å². The lowest BCUT2D eigenvalue weighted by atomic mass is 9.83. The zero-order chi connectivity index (χ0) is 39.7. The van der Waals surface area contributed by atoms with Gasteiger partial charge in [-0.1, -0.05) is 53.7 Å². The maximum Gasteiger partial charge on any atom is 0.415 e. The number of alkyl halides is 3. The Kier molecular flexibility index (Phi) is 16.7. The van der Waals surface area contributed by atoms with Gasteiger partial charge in [-0.2, -0.15) is 13.2 Å². The second-order valence-electron chi connectivity index (χ2n) is 16.5. The number of anilines is 1. The van der Waals surface area contributed by atoms with Gasteiger partial charge in [0.25, 0.3) is 0 Å². The predicted molar refractivity (Wildman–Crippen MR) is 221 cm³/mol. The zero-order valence-electron chi connectivity index (χ0n) is 33.6. The van der Waals surface area contributed by atoms with Gasteiger partial charge in [0, 0.05) is 67.8 Å². The van der Waals surface area contributed by atoms with E-state index in [1.807, 2.05) is 4.90 Å². The number of piperazine rings is 1. The van der Waals surface area contributed by atoms with Gasteiger partial charge >= 0.3 is 18.4 Å². The van der Waals surface area contributed by atoms with Crippen LogP contribution in [-0.2, 0) is 14.2 Å². The number of thiophene rings is 1. The summed E-state index contributed by atoms with van der Waals surface area (Å²) < 4.78 is 57.6. The summed E-state index contributed by atoms with van der Waals surface area (Å²) in [5, 5.41) is 5.02. The number of hydrogen-bond acceptors (Lipinski definition) is 11. The molecule has 0 aromatic carbocycles. The lowest BCUT2D eigenvalue weighted by molar-refractivity contribution is -0.190. The molecule has 10 nitrogen and oxygen atoms in total. The molecule has 0 spiro atoms. The number of amides is 2. The van der Waals surface area contributed by atoms with Gasteiger partial charge < -0.3 is 24.0 Å². The average molecular weight is 848 g/mol. The van der Waals surface area contributed by atoms with Crippen molar-refractivity contribution in [2.24, 2.45) is 11.8 Å². The van der Waals surface area contributed by atoms with Gasteiger partial charge in [-0.15, -0.1) is 11.3 Å². The molecule has 4 unspecified atom stereocenters. The SMILES string of the molecule is Cc1cc2c(s1)N(C(=O)OCCSSCCOC(=O)N(C)CCC(OC1CCC(C(F)(F)F)CC1)C1CCCCC1)C1CCCCC1NC2N1CCN(C)CC1. The van der Waals surface area contributed by atoms with Gasteiger partial charge in [0.15, 0.2) is 0 Å². The summed E-state index contributed by atoms with van der Waals surface area (Å²) in [6.45, 7) is 7.22. The highest BCUT2D eigenvalue weighted by Gasteiger charge is 2.44. The Morgan fingerprint density at radius 2 is 1.59 bits per heavy atom. The number of hydrogen-bond donors (Lipinski definition) is 1. The Labute approximate surface area is 344 Å². The first kappa shape index (κ1) is 44.1. The molecular formula is C40H64F3N5O5S3. The first-order valence-corrected chi connectivity index (χ1v) is 24.4. The Morgan fingerprint density at radius 3 is 2.29 bits per heavy atom. The van der Waals surface area contributed by atoms with E-state index < -0.39 is 12.1 Å². The molecule has 0 radical (unpaired) electrons. The molecule has 2 aliphatic heterocycles. The van der Waals surface area contributed by atoms with Crippen LogP contribution in [0, 0.1) is 18.8 Å². The molecule has 0 bridgehead atoms. The second-order valence-corrected chi connectivity index (χ2v) is 20.5. The van der Waals surface area contributed by atoms with Gasteiger partial charge in [0.05, 0.1) is 30.3 Å². The summed E-state index contributed by atoms with van der Waals surface area (Å²) in [5.41, 5.74) is 1.19. The van der Waals surface area contributed by atoms with Gasteiger partial charge in [-0.25, -0.2) is 9.59 Å². The lowest BCUT2D eigenvalue weighted by Crippen LogP contribution is -2.55. The number of nitrogens with zero attached hydrogens (tertiary/aromatic N) is 4. The van der Waals surface area contributed by atoms with Crippen molar-refractivity contribution in [3.05, 3.63) is 16.5 Å². The third-order valence-corrected chi connectivity index (χ3v) is 15.9. The van der Waals surface area contributed by atoms with Crippen molar-refractivity contribution in [2.45, 2.75) is 133 Å². The molecule has 1 saturated heterocycles. The Bertz CT molecular complexity index is 1390. The van der Waals surface area contributed by atoms with Crippen molar-refractivity contribution >= 4 is 50.1 Å². The first-order valence-electron chi connectivity index (χ1n) is 21.1. The van der Waals surface area contributed by atoms with Crippen molar-refractivity contribution in [1.29, 1.82) is 0 Å². The number of fused-ring (bicyclic) bond motifs is 2. The smallest absolute Gasteiger partial charge is 0.415 e. The molecule has 1 aromatic heterocycles. The van der Waals surface area contributed by atoms with Crippen LogP contribution in [-0.4, -0.2) is 129 Å². The Morgan fingerprint density at radius 1 is 0.929 bits per heavy atom. The number of carbonyl (C=O) groups is 2. The average Bonchev–Trinajstić information content (AvgIpc) is 3.51. The molecule has 4 atom stereocenters. The maximum atomic E-state index is 13.8. The molecule has 1 N–H and O–H groups in total. The van der Waals surface area contributed by atoms with Gasteiger partial charge in [-0.05, 0) is 83.7 Å². The molecule has 5 aliphatic rings. The van der Waals surface area contributed by atoms with E-state index in [4.69, 9.17) is 14.2 Å². The molecular weight excluding hydrogens is 784 g/mol. The fourth-order valence-electron chi connectivity index (χ4n) is 9.29. The van der Waals surface area contributed by atoms with Crippen molar-refractivity contribution < 1.29 is 37.0 Å². The van der Waals surface area contributed by atoms with Crippen molar-refractivity contribution in [3.63, 3.8) is 0 Å². The summed E-state index contributed by atoms with van der Waals surface area (Å²) >= 11 is 1.70. The minimum Gasteiger partial charge on any atom is -0.449 e. The number of likely N-dealkylation sites (N-methyl/N-ethyl adjacent to an activating group) is 1. The van der Waals surface area contributed by atoms with Crippen LogP contribution in [0.25, 0.3) is 0 Å². The highest BCUT2D eigenvalue weighted by atomic mass is 33.1. The molecule has 56 heavy (non-hydrogen) atoms. The number of nitrogens with one attached hydrogen (secondary N) is 1. The molecule has 3 aliphatic carbocycles. The third kappa shape index (κ3) is 12.1. The summed E-state index contributed by atoms with van der Waals surface area (Å²) in [6.07, 6.45) is 6.79. The van der Waals surface area contributed by atoms with Crippen LogP contribution < -0.4 is 10.2 Å². The summed E-state index contributed by atoms with van der Waals surface area (Å²) in [5.74, 6) is 0.400. The Hall–Kier alpha value is -1.43. The van der Waals surface area contributed by atoms with Crippen molar-refractivity contribution in [3.8, 4) is 0 Å². The molecule has 2 amide bonds. The van der Waals surface area contributed by atoms with Crippen LogP contribution in [0.15, 0.2) is 6.07 Å². The summed E-state index contributed by atoms with van der Waals surface area (Å²) in [4.78, 5) is 36.3. The second kappa shape index (κ2) is 21.2. The lowest BCUT2D eigenvalue weighted by Gasteiger charge is -2.41. The van der Waals surface area contributed by atoms with Gasteiger partial charge in [0.1, 0.15) is 18.2 Å². The quantitative estimate of drug-likeness (QED) is 0.145. The van der Waals surface area contributed by atoms with Crippen LogP contribution >= 0.6 is 32.9 Å². The fraction of sp³-hybridized carbons (Fsp3) is 0.850. The monoisotopic (exact) mass is 847 g/mol. The van der Waals surface area contributed by atoms with Gasteiger partial charge in [0.2, 0.25) is 0 Å². The standard InChI is InChI=1S/C40H64F3N5O5S3/c1-28-27-32-36(47-21-19-45(2)20-22-47)44-33-11-7-8-12-34(33)48(37(32)56-28)39(50)52-24-26-55-54-25-23-51-38(49)46(3)18-17-35(29-9-5-4-6-10-29)53-31-15-13-30(14-16-31)40(41,42)43/h27,29-31,33-36,44H,4-26H2,1-3H3. The van der Waals surface area contributed by atoms with Gasteiger partial charge in [-0.3, -0.25) is 15.1 Å². The molecule has 318 valence electrons. The molecule has 3 saturated carbocycles. The minimum absolute atomic E-state index is 0.0605. The summed E-state index contributed by atoms with van der Waals surface area (Å²) in [6, 6.07) is 2.54. The van der Waals surface area contributed by atoms with Crippen molar-refractivity contribution in [1.82, 2.24) is 20.0 Å². The number of rotatable bonds is 14. The highest BCUT2D eigenvalue weighted by Crippen LogP contribution is 2.44. The maximum absolute atomic E-state index is 13.8. The fourth-order valence-corrected chi connectivity index (χ4v) is 12.0. The van der Waals surface area contributed by atoms with E-state index in [1.54, 1.807) is 44.9 Å². The highest BCUT2D eigenvalue weighted by molar-refractivity contribution is 8.76. The zero-order valence-corrected chi connectivity index (χ0v) is 36.0. The van der Waals surface area contributed by atoms with E-state index in [0.29, 0.717) is 49.8 Å². The first-order chi connectivity index (χ1) is 27.0. The minimum atomic E-state index is -4.13. The number of carbonyl (C=O) groups excluding carboxylic acids is 2. The molecule has 1 aromatic rings. The van der Waals surface area contributed by atoms with Crippen LogP contribution in [0.1, 0.15) is 106 Å². The van der Waals surface area contributed by atoms with E-state index in [1.165, 1.54) is 16.9 Å². The van der Waals surface area contributed by atoms with Crippen molar-refractivity contribution in [2.75, 3.05) is 76.4 Å². The molecule has 4 fully saturated rings. The van der Waals surface area contributed by atoms with Crippen LogP contribution in [0.4, 0.5) is 27.8 Å². The number of halogens is 3. The van der Waals surface area contributed by atoms with Crippen LogP contribution in [0.3, 0.4) is 0 Å². The third-order valence-electron chi connectivity index (χ3n) is 12.5. The van der Waals surface area contributed by atoms with E-state index in [-0.39, 0.29) is 62.1 Å². The summed E-state index contributed by atoms with van der Waals surface area (Å²) in [7, 11) is 7.10. The van der Waals surface area contributed by atoms with Crippen LogP contribution in [0.5, 0.6) is 0 Å². The van der Waals surface area contributed by atoms with E-state index in [0.717, 1.165) is 82.5 Å². The molecule has 3 heterocycles.